The molecule has 0 N–H and O–H groups in total. The number of ketones is 1. The van der Waals surface area contributed by atoms with E-state index in [1.54, 1.807) is 19.2 Å². The highest BCUT2D eigenvalue weighted by Crippen LogP contribution is 2.28. The fourth-order valence-electron chi connectivity index (χ4n) is 2.87. The molecule has 2 rings (SSSR count). The Balaban J connectivity index is 2.14. The van der Waals surface area contributed by atoms with Gasteiger partial charge in [-0.2, -0.15) is 0 Å². The smallest absolute Gasteiger partial charge is 0.202 e. The molecular formula is C18H21BrClNO3. The largest absolute Gasteiger partial charge is 0.484 e. The number of ether oxygens (including phenoxy) is 2. The summed E-state index contributed by atoms with van der Waals surface area (Å²) in [6.45, 7) is 6.54. The zero-order valence-corrected chi connectivity index (χ0v) is 16.6. The maximum Gasteiger partial charge on any atom is 0.202 e. The summed E-state index contributed by atoms with van der Waals surface area (Å²) in [5, 5.41) is 0.469. The van der Waals surface area contributed by atoms with Gasteiger partial charge in [-0.3, -0.25) is 4.79 Å². The van der Waals surface area contributed by atoms with Crippen molar-refractivity contribution in [2.75, 3.05) is 20.3 Å². The van der Waals surface area contributed by atoms with Gasteiger partial charge in [0.15, 0.2) is 6.61 Å². The second kappa shape index (κ2) is 8.19. The Labute approximate surface area is 155 Å². The van der Waals surface area contributed by atoms with E-state index in [-0.39, 0.29) is 18.4 Å². The topological polar surface area (TPSA) is 40.5 Å². The Bertz CT molecular complexity index is 742. The molecule has 0 aliphatic heterocycles. The van der Waals surface area contributed by atoms with E-state index >= 15 is 0 Å². The van der Waals surface area contributed by atoms with Crippen LogP contribution in [0.3, 0.4) is 0 Å². The van der Waals surface area contributed by atoms with E-state index in [0.717, 1.165) is 15.9 Å². The van der Waals surface area contributed by atoms with Crippen molar-refractivity contribution in [1.29, 1.82) is 0 Å². The van der Waals surface area contributed by atoms with Crippen LogP contribution in [0.4, 0.5) is 0 Å². The van der Waals surface area contributed by atoms with Gasteiger partial charge in [-0.05, 0) is 45.0 Å². The average molecular weight is 415 g/mol. The van der Waals surface area contributed by atoms with Crippen molar-refractivity contribution in [3.05, 3.63) is 50.7 Å². The molecule has 2 aromatic rings. The van der Waals surface area contributed by atoms with Gasteiger partial charge in [0.05, 0.1) is 17.7 Å². The molecule has 0 bridgehead atoms. The van der Waals surface area contributed by atoms with Gasteiger partial charge in [0, 0.05) is 28.5 Å². The monoisotopic (exact) mass is 413 g/mol. The van der Waals surface area contributed by atoms with Gasteiger partial charge in [0.25, 0.3) is 0 Å². The van der Waals surface area contributed by atoms with E-state index in [2.05, 4.69) is 27.4 Å². The molecule has 1 heterocycles. The average Bonchev–Trinajstić information content (AvgIpc) is 2.81. The maximum absolute atomic E-state index is 12.5. The molecule has 0 saturated heterocycles. The van der Waals surface area contributed by atoms with Gasteiger partial charge >= 0.3 is 0 Å². The molecule has 1 aromatic carbocycles. The lowest BCUT2D eigenvalue weighted by Crippen LogP contribution is -2.16. The number of aryl methyl sites for hydroxylation is 1. The number of carbonyl (C=O) groups excluding carboxylic acids is 1. The van der Waals surface area contributed by atoms with Crippen molar-refractivity contribution in [2.45, 2.75) is 26.8 Å². The van der Waals surface area contributed by atoms with Crippen LogP contribution < -0.4 is 4.74 Å². The molecule has 0 aliphatic carbocycles. The predicted molar refractivity (Wildman–Crippen MR) is 99.5 cm³/mol. The Morgan fingerprint density at radius 1 is 1.33 bits per heavy atom. The SMILES string of the molecule is COC[C@H](C)n1c(C)cc(C(=O)COc2ccc(Br)cc2Cl)c1C. The highest BCUT2D eigenvalue weighted by molar-refractivity contribution is 9.10. The zero-order valence-electron chi connectivity index (χ0n) is 14.2. The first-order valence-electron chi connectivity index (χ1n) is 7.63. The summed E-state index contributed by atoms with van der Waals surface area (Å²) < 4.78 is 13.8. The molecule has 0 amide bonds. The molecule has 0 saturated carbocycles. The molecule has 0 radical (unpaired) electrons. The molecule has 1 atom stereocenters. The van der Waals surface area contributed by atoms with Crippen LogP contribution in [-0.2, 0) is 4.74 Å². The first-order valence-corrected chi connectivity index (χ1v) is 8.80. The fourth-order valence-corrected chi connectivity index (χ4v) is 3.59. The second-order valence-electron chi connectivity index (χ2n) is 5.75. The van der Waals surface area contributed by atoms with Gasteiger partial charge in [-0.25, -0.2) is 0 Å². The maximum atomic E-state index is 12.5. The number of nitrogens with zero attached hydrogens (tertiary/aromatic N) is 1. The second-order valence-corrected chi connectivity index (χ2v) is 7.07. The Hall–Kier alpha value is -1.30. The summed E-state index contributed by atoms with van der Waals surface area (Å²) in [5.41, 5.74) is 2.62. The number of aromatic nitrogens is 1. The van der Waals surface area contributed by atoms with Crippen LogP contribution in [-0.4, -0.2) is 30.7 Å². The van der Waals surface area contributed by atoms with Crippen LogP contribution in [0.5, 0.6) is 5.75 Å². The summed E-state index contributed by atoms with van der Waals surface area (Å²) in [4.78, 5) is 12.5. The summed E-state index contributed by atoms with van der Waals surface area (Å²) in [6.07, 6.45) is 0. The number of hydrogen-bond donors (Lipinski definition) is 0. The van der Waals surface area contributed by atoms with Gasteiger partial charge in [0.2, 0.25) is 5.78 Å². The number of hydrogen-bond acceptors (Lipinski definition) is 3. The van der Waals surface area contributed by atoms with Gasteiger partial charge < -0.3 is 14.0 Å². The minimum Gasteiger partial charge on any atom is -0.484 e. The lowest BCUT2D eigenvalue weighted by molar-refractivity contribution is 0.0920. The molecular weight excluding hydrogens is 394 g/mol. The molecule has 130 valence electrons. The third-order valence-corrected chi connectivity index (χ3v) is 4.67. The molecule has 6 heteroatoms. The van der Waals surface area contributed by atoms with Crippen LogP contribution in [0, 0.1) is 13.8 Å². The lowest BCUT2D eigenvalue weighted by Gasteiger charge is -2.17. The summed E-state index contributed by atoms with van der Waals surface area (Å²) in [7, 11) is 1.67. The van der Waals surface area contributed by atoms with Crippen LogP contribution in [0.2, 0.25) is 5.02 Å². The van der Waals surface area contributed by atoms with Crippen LogP contribution >= 0.6 is 27.5 Å². The quantitative estimate of drug-likeness (QED) is 0.599. The standard InChI is InChI=1S/C18H21BrClNO3/c1-11-7-15(13(3)21(11)12(2)9-23-4)17(22)10-24-18-6-5-14(19)8-16(18)20/h5-8,12H,9-10H2,1-4H3/t12-/m0/s1. The Kier molecular flexibility index (Phi) is 6.49. The highest BCUT2D eigenvalue weighted by atomic mass is 79.9. The Morgan fingerprint density at radius 2 is 2.04 bits per heavy atom. The molecule has 0 unspecified atom stereocenters. The molecule has 0 aliphatic rings. The molecule has 4 nitrogen and oxygen atoms in total. The number of methoxy groups -OCH3 is 1. The van der Waals surface area contributed by atoms with Gasteiger partial charge in [0.1, 0.15) is 5.75 Å². The molecule has 24 heavy (non-hydrogen) atoms. The summed E-state index contributed by atoms with van der Waals surface area (Å²) >= 11 is 9.45. The van der Waals surface area contributed by atoms with Crippen molar-refractivity contribution in [3.8, 4) is 5.75 Å². The van der Waals surface area contributed by atoms with Crippen molar-refractivity contribution in [2.24, 2.45) is 0 Å². The lowest BCUT2D eigenvalue weighted by atomic mass is 10.1. The molecule has 0 fully saturated rings. The van der Waals surface area contributed by atoms with Crippen molar-refractivity contribution in [1.82, 2.24) is 4.57 Å². The predicted octanol–water partition coefficient (Wildman–Crippen LogP) is 4.99. The molecule has 0 spiro atoms. The molecule has 1 aromatic heterocycles. The minimum absolute atomic E-state index is 0.0513. The van der Waals surface area contributed by atoms with Crippen molar-refractivity contribution < 1.29 is 14.3 Å². The third kappa shape index (κ3) is 4.21. The van der Waals surface area contributed by atoms with Crippen LogP contribution in [0.15, 0.2) is 28.7 Å². The number of halogens is 2. The highest BCUT2D eigenvalue weighted by Gasteiger charge is 2.19. The number of carbonyl (C=O) groups is 1. The van der Waals surface area contributed by atoms with Crippen molar-refractivity contribution in [3.63, 3.8) is 0 Å². The summed E-state index contributed by atoms with van der Waals surface area (Å²) in [6, 6.07) is 7.36. The van der Waals surface area contributed by atoms with Crippen molar-refractivity contribution >= 4 is 33.3 Å². The number of Topliss-reactive ketones (excluding diaryl/α,β-unsaturated/α-hetero) is 1. The van der Waals surface area contributed by atoms with E-state index in [1.807, 2.05) is 26.0 Å². The third-order valence-electron chi connectivity index (χ3n) is 3.89. The van der Waals surface area contributed by atoms with E-state index < -0.39 is 0 Å². The van der Waals surface area contributed by atoms with Crippen LogP contribution in [0.1, 0.15) is 34.7 Å². The van der Waals surface area contributed by atoms with E-state index in [4.69, 9.17) is 21.1 Å². The van der Waals surface area contributed by atoms with E-state index in [9.17, 15) is 4.79 Å². The first kappa shape index (κ1) is 19.0. The van der Waals surface area contributed by atoms with E-state index in [0.29, 0.717) is 22.9 Å². The number of benzene rings is 1. The van der Waals surface area contributed by atoms with Gasteiger partial charge in [-0.1, -0.05) is 27.5 Å². The first-order chi connectivity index (χ1) is 11.3. The Morgan fingerprint density at radius 3 is 2.67 bits per heavy atom. The summed E-state index contributed by atoms with van der Waals surface area (Å²) in [5.74, 6) is 0.424. The number of rotatable bonds is 7. The normalized spacial score (nSPS) is 12.2. The van der Waals surface area contributed by atoms with Gasteiger partial charge in [-0.15, -0.1) is 0 Å². The van der Waals surface area contributed by atoms with E-state index in [1.165, 1.54) is 0 Å². The fraction of sp³-hybridized carbons (Fsp3) is 0.389. The zero-order chi connectivity index (χ0) is 17.9. The van der Waals surface area contributed by atoms with Crippen LogP contribution in [0.25, 0.3) is 0 Å². The minimum atomic E-state index is -0.0713.